The van der Waals surface area contributed by atoms with E-state index in [1.54, 1.807) is 13.3 Å². The largest absolute Gasteiger partial charge is 0.609 e. The second-order valence-corrected chi connectivity index (χ2v) is 6.72. The van der Waals surface area contributed by atoms with E-state index in [0.717, 1.165) is 16.8 Å². The van der Waals surface area contributed by atoms with Crippen LogP contribution >= 0.6 is 0 Å². The molecule has 0 aliphatic rings. The number of aromatic amines is 1. The molecule has 0 unspecified atom stereocenters. The fraction of sp³-hybridized carbons (Fsp3) is 0.471. The average molecular weight is 352 g/mol. The van der Waals surface area contributed by atoms with Crippen molar-refractivity contribution in [2.45, 2.75) is 18.5 Å². The van der Waals surface area contributed by atoms with Crippen molar-refractivity contribution in [2.24, 2.45) is 0 Å². The Bertz CT molecular complexity index is 606. The number of rotatable bonds is 11. The van der Waals surface area contributed by atoms with Crippen LogP contribution in [-0.4, -0.2) is 54.0 Å². The molecule has 2 rings (SSSR count). The molecule has 1 heterocycles. The summed E-state index contributed by atoms with van der Waals surface area (Å²) in [6.45, 7) is 3.83. The number of aryl methyl sites for hydroxylation is 1. The number of nitrogens with zero attached hydrogens (tertiary/aromatic N) is 1. The van der Waals surface area contributed by atoms with Crippen LogP contribution in [-0.2, 0) is 25.4 Å². The van der Waals surface area contributed by atoms with E-state index >= 15 is 0 Å². The third-order valence-electron chi connectivity index (χ3n) is 3.41. The van der Waals surface area contributed by atoms with Gasteiger partial charge < -0.3 is 23.7 Å². The maximum absolute atomic E-state index is 12.3. The van der Waals surface area contributed by atoms with Crippen molar-refractivity contribution in [1.29, 1.82) is 0 Å². The fourth-order valence-corrected chi connectivity index (χ4v) is 3.09. The Labute approximate surface area is 145 Å². The zero-order valence-electron chi connectivity index (χ0n) is 14.1. The maximum atomic E-state index is 12.3. The van der Waals surface area contributed by atoms with Crippen LogP contribution in [0.3, 0.4) is 0 Å². The SMILES string of the molecule is COCCOCOCCC[S@+]([O-])c1nc(-c2ccccc2C)c[nH]1. The predicted molar refractivity (Wildman–Crippen MR) is 93.3 cm³/mol. The summed E-state index contributed by atoms with van der Waals surface area (Å²) < 4.78 is 27.6. The van der Waals surface area contributed by atoms with Crippen LogP contribution in [0.15, 0.2) is 35.6 Å². The molecule has 0 aliphatic heterocycles. The molecule has 0 saturated carbocycles. The van der Waals surface area contributed by atoms with Crippen LogP contribution < -0.4 is 0 Å². The van der Waals surface area contributed by atoms with Gasteiger partial charge in [-0.3, -0.25) is 0 Å². The minimum absolute atomic E-state index is 0.230. The Hall–Kier alpha value is -1.38. The van der Waals surface area contributed by atoms with Crippen LogP contribution in [0, 0.1) is 6.92 Å². The summed E-state index contributed by atoms with van der Waals surface area (Å²) in [5.41, 5.74) is 3.01. The molecule has 0 spiro atoms. The first-order valence-corrected chi connectivity index (χ1v) is 9.18. The molecular formula is C17H24N2O4S. The summed E-state index contributed by atoms with van der Waals surface area (Å²) in [6.07, 6.45) is 2.48. The Morgan fingerprint density at radius 3 is 2.75 bits per heavy atom. The van der Waals surface area contributed by atoms with Gasteiger partial charge in [-0.15, -0.1) is 0 Å². The van der Waals surface area contributed by atoms with Gasteiger partial charge in [-0.1, -0.05) is 24.3 Å². The molecular weight excluding hydrogens is 328 g/mol. The van der Waals surface area contributed by atoms with Crippen molar-refractivity contribution in [2.75, 3.05) is 39.5 Å². The Balaban J connectivity index is 1.72. The van der Waals surface area contributed by atoms with E-state index < -0.39 is 11.2 Å². The summed E-state index contributed by atoms with van der Waals surface area (Å²) >= 11 is -1.16. The van der Waals surface area contributed by atoms with E-state index in [-0.39, 0.29) is 6.79 Å². The molecule has 0 aliphatic carbocycles. The number of imidazole rings is 1. The zero-order chi connectivity index (χ0) is 17.2. The number of hydrogen-bond donors (Lipinski definition) is 1. The lowest BCUT2D eigenvalue weighted by Crippen LogP contribution is -2.12. The highest BCUT2D eigenvalue weighted by atomic mass is 32.2. The topological polar surface area (TPSA) is 79.4 Å². The number of benzene rings is 1. The van der Waals surface area contributed by atoms with Gasteiger partial charge in [0.05, 0.1) is 25.5 Å². The van der Waals surface area contributed by atoms with E-state index in [4.69, 9.17) is 14.2 Å². The molecule has 1 atom stereocenters. The molecule has 0 radical (unpaired) electrons. The molecule has 2 aromatic rings. The lowest BCUT2D eigenvalue weighted by Gasteiger charge is -2.08. The molecule has 7 heteroatoms. The normalized spacial score (nSPS) is 12.5. The van der Waals surface area contributed by atoms with Crippen molar-refractivity contribution < 1.29 is 18.8 Å². The Morgan fingerprint density at radius 1 is 1.17 bits per heavy atom. The third-order valence-corrected chi connectivity index (χ3v) is 4.71. The highest BCUT2D eigenvalue weighted by Crippen LogP contribution is 2.22. The molecule has 1 aromatic heterocycles. The van der Waals surface area contributed by atoms with Gasteiger partial charge in [0.1, 0.15) is 12.5 Å². The number of H-pyrrole nitrogens is 1. The predicted octanol–water partition coefficient (Wildman–Crippen LogP) is 2.52. The smallest absolute Gasteiger partial charge is 0.321 e. The Morgan fingerprint density at radius 2 is 1.96 bits per heavy atom. The number of ether oxygens (including phenoxy) is 3. The van der Waals surface area contributed by atoms with Gasteiger partial charge in [0.2, 0.25) is 0 Å². The first kappa shape index (κ1) is 19.0. The summed E-state index contributed by atoms with van der Waals surface area (Å²) in [7, 11) is 1.62. The van der Waals surface area contributed by atoms with Crippen LogP contribution in [0.1, 0.15) is 12.0 Å². The summed E-state index contributed by atoms with van der Waals surface area (Å²) in [4.78, 5) is 7.47. The van der Waals surface area contributed by atoms with Crippen molar-refractivity contribution in [3.05, 3.63) is 36.0 Å². The van der Waals surface area contributed by atoms with Crippen LogP contribution in [0.4, 0.5) is 0 Å². The lowest BCUT2D eigenvalue weighted by molar-refractivity contribution is -0.0652. The Kier molecular flexibility index (Phi) is 8.27. The van der Waals surface area contributed by atoms with Crippen molar-refractivity contribution >= 4 is 11.2 Å². The van der Waals surface area contributed by atoms with Gasteiger partial charge in [0.15, 0.2) is 0 Å². The van der Waals surface area contributed by atoms with Crippen LogP contribution in [0.5, 0.6) is 0 Å². The summed E-state index contributed by atoms with van der Waals surface area (Å²) in [6, 6.07) is 8.01. The monoisotopic (exact) mass is 352 g/mol. The molecule has 24 heavy (non-hydrogen) atoms. The molecule has 1 aromatic carbocycles. The fourth-order valence-electron chi connectivity index (χ4n) is 2.13. The quantitative estimate of drug-likeness (QED) is 0.382. The molecule has 6 nitrogen and oxygen atoms in total. The molecule has 132 valence electrons. The number of aromatic nitrogens is 2. The number of methoxy groups -OCH3 is 1. The van der Waals surface area contributed by atoms with Gasteiger partial charge in [-0.25, -0.2) is 0 Å². The van der Waals surface area contributed by atoms with Gasteiger partial charge in [-0.05, 0) is 12.5 Å². The summed E-state index contributed by atoms with van der Waals surface area (Å²) in [5, 5.41) is 0.504. The second-order valence-electron chi connectivity index (χ2n) is 5.24. The lowest BCUT2D eigenvalue weighted by atomic mass is 10.1. The first-order valence-electron chi connectivity index (χ1n) is 7.86. The highest BCUT2D eigenvalue weighted by Gasteiger charge is 2.16. The molecule has 0 bridgehead atoms. The van der Waals surface area contributed by atoms with E-state index in [1.807, 2.05) is 31.2 Å². The standard InChI is InChI=1S/C17H24N2O4S/c1-14-6-3-4-7-15(14)16-12-18-17(19-16)24(20)11-5-8-22-13-23-10-9-21-2/h3-4,6-7,12H,5,8-11,13H2,1-2H3,(H,18,19)/t24-/m0/s1. The van der Waals surface area contributed by atoms with E-state index in [1.165, 1.54) is 0 Å². The zero-order valence-corrected chi connectivity index (χ0v) is 14.9. The van der Waals surface area contributed by atoms with Crippen molar-refractivity contribution in [3.63, 3.8) is 0 Å². The average Bonchev–Trinajstić information content (AvgIpc) is 3.07. The second kappa shape index (κ2) is 10.5. The minimum atomic E-state index is -1.16. The van der Waals surface area contributed by atoms with Gasteiger partial charge in [0, 0.05) is 36.5 Å². The molecule has 1 N–H and O–H groups in total. The minimum Gasteiger partial charge on any atom is -0.609 e. The van der Waals surface area contributed by atoms with Gasteiger partial charge >= 0.3 is 5.16 Å². The van der Waals surface area contributed by atoms with Gasteiger partial charge in [-0.2, -0.15) is 4.98 Å². The maximum Gasteiger partial charge on any atom is 0.321 e. The van der Waals surface area contributed by atoms with Gasteiger partial charge in [0.25, 0.3) is 0 Å². The van der Waals surface area contributed by atoms with E-state index in [9.17, 15) is 4.55 Å². The van der Waals surface area contributed by atoms with Crippen molar-refractivity contribution in [1.82, 2.24) is 9.97 Å². The highest BCUT2D eigenvalue weighted by molar-refractivity contribution is 7.91. The van der Waals surface area contributed by atoms with Crippen LogP contribution in [0.2, 0.25) is 0 Å². The molecule has 0 fully saturated rings. The van der Waals surface area contributed by atoms with E-state index in [2.05, 4.69) is 9.97 Å². The molecule has 0 saturated heterocycles. The first-order chi connectivity index (χ1) is 11.7. The third kappa shape index (κ3) is 5.92. The molecule has 0 amide bonds. The number of nitrogens with one attached hydrogen (secondary N) is 1. The van der Waals surface area contributed by atoms with E-state index in [0.29, 0.717) is 37.2 Å². The van der Waals surface area contributed by atoms with Crippen LogP contribution in [0.25, 0.3) is 11.3 Å². The summed E-state index contributed by atoms with van der Waals surface area (Å²) in [5.74, 6) is 0.499. The number of hydrogen-bond acceptors (Lipinski definition) is 5. The van der Waals surface area contributed by atoms with Crippen molar-refractivity contribution in [3.8, 4) is 11.3 Å².